The number of carboxylic acid groups (broad SMARTS) is 2. The third-order valence-electron chi connectivity index (χ3n) is 2.53. The molecule has 1 aliphatic heterocycles. The number of benzene rings is 1. The van der Waals surface area contributed by atoms with Gasteiger partial charge in [-0.25, -0.2) is 9.59 Å². The first-order valence-corrected chi connectivity index (χ1v) is 4.86. The van der Waals surface area contributed by atoms with Crippen molar-refractivity contribution in [3.63, 3.8) is 0 Å². The number of rotatable bonds is 2. The molecule has 0 spiro atoms. The van der Waals surface area contributed by atoms with Gasteiger partial charge in [0.15, 0.2) is 6.79 Å². The number of fused-ring (bicyclic) bond motifs is 1. The quantitative estimate of drug-likeness (QED) is 0.805. The lowest BCUT2D eigenvalue weighted by molar-refractivity contribution is -0.0173. The summed E-state index contributed by atoms with van der Waals surface area (Å²) in [6.07, 6.45) is 0. The van der Waals surface area contributed by atoms with Crippen LogP contribution in [0.3, 0.4) is 0 Å². The number of aryl methyl sites for hydroxylation is 1. The van der Waals surface area contributed by atoms with Crippen LogP contribution in [0.25, 0.3) is 0 Å². The fraction of sp³-hybridized carbons (Fsp3) is 0.273. The van der Waals surface area contributed by atoms with Gasteiger partial charge < -0.3 is 19.7 Å². The molecule has 1 aromatic carbocycles. The van der Waals surface area contributed by atoms with E-state index in [2.05, 4.69) is 0 Å². The van der Waals surface area contributed by atoms with Crippen LogP contribution in [0.4, 0.5) is 0 Å². The number of carboxylic acids is 2. The summed E-state index contributed by atoms with van der Waals surface area (Å²) < 4.78 is 10.1. The topological polar surface area (TPSA) is 93.1 Å². The molecule has 2 rings (SSSR count). The van der Waals surface area contributed by atoms with E-state index in [4.69, 9.17) is 19.7 Å². The van der Waals surface area contributed by atoms with Crippen LogP contribution < -0.4 is 4.74 Å². The molecule has 0 fully saturated rings. The van der Waals surface area contributed by atoms with Crippen LogP contribution in [-0.4, -0.2) is 28.9 Å². The maximum absolute atomic E-state index is 11.2. The van der Waals surface area contributed by atoms with Crippen LogP contribution in [0.5, 0.6) is 5.75 Å². The van der Waals surface area contributed by atoms with Gasteiger partial charge in [-0.3, -0.25) is 0 Å². The predicted octanol–water partition coefficient (Wildman–Crippen LogP) is 1.26. The standard InChI is InChI=1S/C11H10O6/c1-5-2-6-3-16-4-17-9(6)8(11(14)15)7(5)10(12)13/h2H,3-4H2,1H3,(H,12,13)(H,14,15). The molecule has 0 unspecified atom stereocenters. The van der Waals surface area contributed by atoms with Gasteiger partial charge in [-0.05, 0) is 18.6 Å². The first kappa shape index (κ1) is 11.4. The van der Waals surface area contributed by atoms with Crippen molar-refractivity contribution >= 4 is 11.9 Å². The monoisotopic (exact) mass is 238 g/mol. The van der Waals surface area contributed by atoms with Gasteiger partial charge in [0.05, 0.1) is 12.2 Å². The Bertz CT molecular complexity index is 505. The normalized spacial score (nSPS) is 13.7. The van der Waals surface area contributed by atoms with Crippen LogP contribution in [0.1, 0.15) is 31.8 Å². The molecule has 0 amide bonds. The Morgan fingerprint density at radius 2 is 1.88 bits per heavy atom. The SMILES string of the molecule is Cc1cc2c(c(C(=O)O)c1C(=O)O)OCOC2. The molecule has 0 aliphatic carbocycles. The van der Waals surface area contributed by atoms with Crippen molar-refractivity contribution in [3.8, 4) is 5.75 Å². The van der Waals surface area contributed by atoms with Gasteiger partial charge in [-0.15, -0.1) is 0 Å². The molecule has 90 valence electrons. The van der Waals surface area contributed by atoms with Crippen molar-refractivity contribution in [2.45, 2.75) is 13.5 Å². The average molecular weight is 238 g/mol. The molecule has 6 nitrogen and oxygen atoms in total. The second kappa shape index (κ2) is 4.06. The lowest BCUT2D eigenvalue weighted by atomic mass is 9.96. The van der Waals surface area contributed by atoms with Gasteiger partial charge in [0.25, 0.3) is 0 Å². The van der Waals surface area contributed by atoms with Crippen LogP contribution in [0.2, 0.25) is 0 Å². The molecule has 0 aromatic heterocycles. The number of hydrogen-bond acceptors (Lipinski definition) is 4. The molecular weight excluding hydrogens is 228 g/mol. The molecule has 0 saturated heterocycles. The molecule has 1 heterocycles. The predicted molar refractivity (Wildman–Crippen MR) is 55.4 cm³/mol. The van der Waals surface area contributed by atoms with Crippen LogP contribution in [0, 0.1) is 6.92 Å². The lowest BCUT2D eigenvalue weighted by Crippen LogP contribution is -2.19. The van der Waals surface area contributed by atoms with Gasteiger partial charge in [-0.1, -0.05) is 0 Å². The van der Waals surface area contributed by atoms with E-state index in [0.717, 1.165) is 0 Å². The minimum Gasteiger partial charge on any atom is -0.478 e. The van der Waals surface area contributed by atoms with Gasteiger partial charge in [0.2, 0.25) is 0 Å². The fourth-order valence-electron chi connectivity index (χ4n) is 1.87. The molecule has 1 aliphatic rings. The Balaban J connectivity index is 2.76. The highest BCUT2D eigenvalue weighted by atomic mass is 16.7. The zero-order chi connectivity index (χ0) is 12.6. The van der Waals surface area contributed by atoms with Crippen molar-refractivity contribution in [1.29, 1.82) is 0 Å². The van der Waals surface area contributed by atoms with Crippen molar-refractivity contribution in [2.75, 3.05) is 6.79 Å². The molecule has 0 saturated carbocycles. The average Bonchev–Trinajstić information content (AvgIpc) is 2.26. The van der Waals surface area contributed by atoms with E-state index in [1.807, 2.05) is 0 Å². The Hall–Kier alpha value is -2.08. The van der Waals surface area contributed by atoms with E-state index in [0.29, 0.717) is 11.1 Å². The molecular formula is C11H10O6. The highest BCUT2D eigenvalue weighted by Gasteiger charge is 2.28. The first-order chi connectivity index (χ1) is 8.02. The summed E-state index contributed by atoms with van der Waals surface area (Å²) in [6, 6.07) is 1.57. The van der Waals surface area contributed by atoms with Crippen molar-refractivity contribution in [3.05, 3.63) is 28.3 Å². The lowest BCUT2D eigenvalue weighted by Gasteiger charge is -2.21. The Kier molecular flexibility index (Phi) is 2.72. The second-order valence-corrected chi connectivity index (χ2v) is 3.65. The Morgan fingerprint density at radius 3 is 2.47 bits per heavy atom. The minimum absolute atomic E-state index is 0.0740. The maximum atomic E-state index is 11.2. The van der Waals surface area contributed by atoms with E-state index in [1.54, 1.807) is 13.0 Å². The van der Waals surface area contributed by atoms with Crippen molar-refractivity contribution in [2.24, 2.45) is 0 Å². The Labute approximate surface area is 96.4 Å². The van der Waals surface area contributed by atoms with Crippen molar-refractivity contribution < 1.29 is 29.3 Å². The summed E-state index contributed by atoms with van der Waals surface area (Å²) >= 11 is 0. The third kappa shape index (κ3) is 1.83. The van der Waals surface area contributed by atoms with Gasteiger partial charge in [0, 0.05) is 5.56 Å². The number of hydrogen-bond donors (Lipinski definition) is 2. The van der Waals surface area contributed by atoms with E-state index >= 15 is 0 Å². The highest BCUT2D eigenvalue weighted by Crippen LogP contribution is 2.33. The van der Waals surface area contributed by atoms with E-state index < -0.39 is 11.9 Å². The van der Waals surface area contributed by atoms with Crippen molar-refractivity contribution in [1.82, 2.24) is 0 Å². The zero-order valence-corrected chi connectivity index (χ0v) is 9.02. The van der Waals surface area contributed by atoms with Crippen LogP contribution in [0.15, 0.2) is 6.07 Å². The summed E-state index contributed by atoms with van der Waals surface area (Å²) in [4.78, 5) is 22.2. The molecule has 1 aromatic rings. The van der Waals surface area contributed by atoms with E-state index in [9.17, 15) is 9.59 Å². The number of ether oxygens (including phenoxy) is 2. The van der Waals surface area contributed by atoms with Crippen LogP contribution >= 0.6 is 0 Å². The van der Waals surface area contributed by atoms with E-state index in [1.165, 1.54) is 0 Å². The second-order valence-electron chi connectivity index (χ2n) is 3.65. The third-order valence-corrected chi connectivity index (χ3v) is 2.53. The molecule has 0 atom stereocenters. The summed E-state index contributed by atoms with van der Waals surface area (Å²) in [7, 11) is 0. The smallest absolute Gasteiger partial charge is 0.340 e. The minimum atomic E-state index is -1.32. The maximum Gasteiger partial charge on any atom is 0.340 e. The Morgan fingerprint density at radius 1 is 1.24 bits per heavy atom. The van der Waals surface area contributed by atoms with E-state index in [-0.39, 0.29) is 30.3 Å². The largest absolute Gasteiger partial charge is 0.478 e. The summed E-state index contributed by atoms with van der Waals surface area (Å²) in [6.45, 7) is 1.69. The van der Waals surface area contributed by atoms with Gasteiger partial charge >= 0.3 is 11.9 Å². The zero-order valence-electron chi connectivity index (χ0n) is 9.02. The first-order valence-electron chi connectivity index (χ1n) is 4.86. The highest BCUT2D eigenvalue weighted by molar-refractivity contribution is 6.05. The van der Waals surface area contributed by atoms with Gasteiger partial charge in [-0.2, -0.15) is 0 Å². The summed E-state index contributed by atoms with van der Waals surface area (Å²) in [5.41, 5.74) is 0.382. The molecule has 17 heavy (non-hydrogen) atoms. The van der Waals surface area contributed by atoms with Gasteiger partial charge in [0.1, 0.15) is 11.3 Å². The fourth-order valence-corrected chi connectivity index (χ4v) is 1.87. The number of aromatic carboxylic acids is 2. The number of carbonyl (C=O) groups is 2. The summed E-state index contributed by atoms with van der Waals surface area (Å²) in [5.74, 6) is -2.51. The molecule has 0 radical (unpaired) electrons. The molecule has 6 heteroatoms. The molecule has 2 N–H and O–H groups in total. The van der Waals surface area contributed by atoms with Crippen LogP contribution in [-0.2, 0) is 11.3 Å². The molecule has 0 bridgehead atoms. The summed E-state index contributed by atoms with van der Waals surface area (Å²) in [5, 5.41) is 18.2.